The van der Waals surface area contributed by atoms with Crippen LogP contribution in [0.5, 0.6) is 17.2 Å². The molecular weight excluding hydrogens is 374 g/mol. The van der Waals surface area contributed by atoms with Crippen molar-refractivity contribution >= 4 is 17.8 Å². The van der Waals surface area contributed by atoms with Crippen molar-refractivity contribution in [3.63, 3.8) is 0 Å². The van der Waals surface area contributed by atoms with Gasteiger partial charge in [-0.15, -0.1) is 0 Å². The average Bonchev–Trinajstić information content (AvgIpc) is 2.68. The van der Waals surface area contributed by atoms with Gasteiger partial charge in [-0.2, -0.15) is 8.78 Å². The lowest BCUT2D eigenvalue weighted by Gasteiger charge is -2.13. The first-order valence-corrected chi connectivity index (χ1v) is 8.20. The average molecular weight is 394 g/mol. The molecule has 0 aromatic heterocycles. The molecule has 0 aliphatic carbocycles. The number of nitrogens with one attached hydrogen (secondary N) is 1. The Morgan fingerprint density at radius 2 is 1.75 bits per heavy atom. The van der Waals surface area contributed by atoms with E-state index in [1.807, 2.05) is 0 Å². The highest BCUT2D eigenvalue weighted by Crippen LogP contribution is 2.29. The van der Waals surface area contributed by atoms with Crippen molar-refractivity contribution in [1.29, 1.82) is 0 Å². The van der Waals surface area contributed by atoms with Crippen molar-refractivity contribution in [2.24, 2.45) is 5.16 Å². The van der Waals surface area contributed by atoms with E-state index in [1.54, 1.807) is 18.2 Å². The topological polar surface area (TPSA) is 78.4 Å². The molecule has 2 rings (SSSR count). The van der Waals surface area contributed by atoms with Crippen molar-refractivity contribution in [3.05, 3.63) is 48.0 Å². The van der Waals surface area contributed by atoms with Gasteiger partial charge in [0, 0.05) is 11.8 Å². The molecule has 1 unspecified atom stereocenters. The van der Waals surface area contributed by atoms with E-state index in [1.165, 1.54) is 51.6 Å². The summed E-state index contributed by atoms with van der Waals surface area (Å²) in [5.74, 6) is 0.645. The van der Waals surface area contributed by atoms with Gasteiger partial charge < -0.3 is 24.4 Å². The van der Waals surface area contributed by atoms with Gasteiger partial charge in [0.25, 0.3) is 5.91 Å². The Hall–Kier alpha value is -3.36. The molecule has 1 N–H and O–H groups in total. The third-order valence-electron chi connectivity index (χ3n) is 3.55. The lowest BCUT2D eigenvalue weighted by atomic mass is 10.2. The molecule has 0 aliphatic heterocycles. The fourth-order valence-corrected chi connectivity index (χ4v) is 2.12. The molecular formula is C19H20F2N2O5. The molecule has 0 heterocycles. The molecule has 1 atom stereocenters. The number of methoxy groups -OCH3 is 2. The van der Waals surface area contributed by atoms with Crippen LogP contribution in [0.3, 0.4) is 0 Å². The van der Waals surface area contributed by atoms with Gasteiger partial charge in [-0.05, 0) is 48.9 Å². The van der Waals surface area contributed by atoms with Crippen LogP contribution in [0.1, 0.15) is 12.5 Å². The summed E-state index contributed by atoms with van der Waals surface area (Å²) in [6.07, 6.45) is 0.484. The number of oxime groups is 1. The number of alkyl halides is 2. The highest BCUT2D eigenvalue weighted by atomic mass is 19.3. The number of amides is 1. The van der Waals surface area contributed by atoms with Crippen LogP contribution in [0.25, 0.3) is 0 Å². The van der Waals surface area contributed by atoms with Crippen LogP contribution in [0.15, 0.2) is 47.6 Å². The van der Waals surface area contributed by atoms with E-state index in [-0.39, 0.29) is 5.75 Å². The monoisotopic (exact) mass is 394 g/mol. The number of carbonyl (C=O) groups is 1. The largest absolute Gasteiger partial charge is 0.493 e. The summed E-state index contributed by atoms with van der Waals surface area (Å²) < 4.78 is 38.8. The molecule has 0 spiro atoms. The first-order chi connectivity index (χ1) is 13.4. The predicted molar refractivity (Wildman–Crippen MR) is 99.4 cm³/mol. The third kappa shape index (κ3) is 6.11. The van der Waals surface area contributed by atoms with E-state index in [9.17, 15) is 13.6 Å². The number of hydrogen-bond donors (Lipinski definition) is 1. The standard InChI is InChI=1S/C19H20F2N2O5/c1-12(18(24)23-14-6-9-16(25-2)17(10-14)26-3)28-22-11-13-4-7-15(8-5-13)27-19(20)21/h4-12,19H,1-3H3,(H,23,24)/b22-11+. The van der Waals surface area contributed by atoms with E-state index < -0.39 is 18.6 Å². The summed E-state index contributed by atoms with van der Waals surface area (Å²) in [4.78, 5) is 17.3. The van der Waals surface area contributed by atoms with Gasteiger partial charge >= 0.3 is 6.61 Å². The predicted octanol–water partition coefficient (Wildman–Crippen LogP) is 3.68. The lowest BCUT2D eigenvalue weighted by molar-refractivity contribution is -0.126. The number of halogens is 2. The normalized spacial score (nSPS) is 11.9. The zero-order valence-corrected chi connectivity index (χ0v) is 15.5. The van der Waals surface area contributed by atoms with Crippen LogP contribution in [-0.2, 0) is 9.63 Å². The van der Waals surface area contributed by atoms with Crippen LogP contribution in [0, 0.1) is 0 Å². The van der Waals surface area contributed by atoms with E-state index in [2.05, 4.69) is 15.2 Å². The van der Waals surface area contributed by atoms with Crippen LogP contribution < -0.4 is 19.5 Å². The van der Waals surface area contributed by atoms with Crippen LogP contribution in [0.2, 0.25) is 0 Å². The zero-order chi connectivity index (χ0) is 20.5. The molecule has 1 amide bonds. The summed E-state index contributed by atoms with van der Waals surface area (Å²) >= 11 is 0. The fourth-order valence-electron chi connectivity index (χ4n) is 2.12. The van der Waals surface area contributed by atoms with Gasteiger partial charge in [0.2, 0.25) is 6.10 Å². The Morgan fingerprint density at radius 3 is 2.36 bits per heavy atom. The maximum absolute atomic E-state index is 12.2. The molecule has 0 fully saturated rings. The Kier molecular flexibility index (Phi) is 7.55. The lowest BCUT2D eigenvalue weighted by Crippen LogP contribution is -2.26. The molecule has 2 aromatic carbocycles. The highest BCUT2D eigenvalue weighted by molar-refractivity contribution is 5.94. The second-order valence-corrected chi connectivity index (χ2v) is 5.49. The van der Waals surface area contributed by atoms with E-state index in [0.717, 1.165) is 0 Å². The summed E-state index contributed by atoms with van der Waals surface area (Å²) in [6, 6.07) is 10.8. The third-order valence-corrected chi connectivity index (χ3v) is 3.55. The van der Waals surface area contributed by atoms with Crippen LogP contribution in [-0.4, -0.2) is 39.1 Å². The Labute approximate surface area is 160 Å². The molecule has 0 radical (unpaired) electrons. The fraction of sp³-hybridized carbons (Fsp3) is 0.263. The van der Waals surface area contributed by atoms with E-state index in [0.29, 0.717) is 22.7 Å². The minimum Gasteiger partial charge on any atom is -0.493 e. The molecule has 150 valence electrons. The second-order valence-electron chi connectivity index (χ2n) is 5.49. The smallest absolute Gasteiger partial charge is 0.387 e. The molecule has 2 aromatic rings. The maximum atomic E-state index is 12.2. The summed E-state index contributed by atoms with van der Waals surface area (Å²) in [5.41, 5.74) is 1.10. The van der Waals surface area contributed by atoms with Crippen molar-refractivity contribution in [2.75, 3.05) is 19.5 Å². The van der Waals surface area contributed by atoms with E-state index in [4.69, 9.17) is 14.3 Å². The highest BCUT2D eigenvalue weighted by Gasteiger charge is 2.15. The van der Waals surface area contributed by atoms with Crippen molar-refractivity contribution in [2.45, 2.75) is 19.6 Å². The minimum absolute atomic E-state index is 0.0377. The number of anilines is 1. The Bertz CT molecular complexity index is 812. The first-order valence-electron chi connectivity index (χ1n) is 8.20. The van der Waals surface area contributed by atoms with Crippen molar-refractivity contribution in [1.82, 2.24) is 0 Å². The van der Waals surface area contributed by atoms with Gasteiger partial charge in [0.05, 0.1) is 20.4 Å². The number of rotatable bonds is 9. The van der Waals surface area contributed by atoms with Gasteiger partial charge in [-0.3, -0.25) is 4.79 Å². The second kappa shape index (κ2) is 10.1. The van der Waals surface area contributed by atoms with E-state index >= 15 is 0 Å². The Morgan fingerprint density at radius 1 is 1.07 bits per heavy atom. The van der Waals surface area contributed by atoms with Crippen LogP contribution in [0.4, 0.5) is 14.5 Å². The SMILES string of the molecule is COc1ccc(NC(=O)C(C)O/N=C/c2ccc(OC(F)F)cc2)cc1OC. The maximum Gasteiger partial charge on any atom is 0.387 e. The minimum atomic E-state index is -2.88. The first kappa shape index (κ1) is 20.9. The van der Waals surface area contributed by atoms with Crippen LogP contribution >= 0.6 is 0 Å². The quantitative estimate of drug-likeness (QED) is 0.519. The van der Waals surface area contributed by atoms with Crippen molar-refractivity contribution < 1.29 is 32.6 Å². The van der Waals surface area contributed by atoms with Gasteiger partial charge in [0.15, 0.2) is 11.5 Å². The summed E-state index contributed by atoms with van der Waals surface area (Å²) in [7, 11) is 3.01. The molecule has 0 bridgehead atoms. The molecule has 0 aliphatic rings. The number of carbonyl (C=O) groups excluding carboxylic acids is 1. The van der Waals surface area contributed by atoms with Gasteiger partial charge in [0.1, 0.15) is 5.75 Å². The molecule has 7 nitrogen and oxygen atoms in total. The number of hydrogen-bond acceptors (Lipinski definition) is 6. The molecule has 0 saturated heterocycles. The molecule has 0 saturated carbocycles. The Balaban J connectivity index is 1.89. The summed E-state index contributed by atoms with van der Waals surface area (Å²) in [5, 5.41) is 6.42. The number of ether oxygens (including phenoxy) is 3. The van der Waals surface area contributed by atoms with Gasteiger partial charge in [-0.25, -0.2) is 0 Å². The molecule has 9 heteroatoms. The van der Waals surface area contributed by atoms with Crippen molar-refractivity contribution in [3.8, 4) is 17.2 Å². The summed E-state index contributed by atoms with van der Waals surface area (Å²) in [6.45, 7) is -1.35. The van der Waals surface area contributed by atoms with Gasteiger partial charge in [-0.1, -0.05) is 5.16 Å². The number of benzene rings is 2. The zero-order valence-electron chi connectivity index (χ0n) is 15.5. The number of nitrogens with zero attached hydrogens (tertiary/aromatic N) is 1. The molecule has 28 heavy (non-hydrogen) atoms.